The SMILES string of the molecule is COc1ccc2c(c1)CCCC2Nc1cn[nH]c1. The van der Waals surface area contributed by atoms with Crippen LogP contribution in [0.2, 0.25) is 0 Å². The van der Waals surface area contributed by atoms with Crippen molar-refractivity contribution < 1.29 is 4.74 Å². The zero-order valence-corrected chi connectivity index (χ0v) is 10.4. The van der Waals surface area contributed by atoms with Crippen LogP contribution >= 0.6 is 0 Å². The Morgan fingerprint density at radius 2 is 2.39 bits per heavy atom. The van der Waals surface area contributed by atoms with E-state index in [-0.39, 0.29) is 0 Å². The third kappa shape index (κ3) is 2.06. The maximum absolute atomic E-state index is 5.29. The molecule has 2 N–H and O–H groups in total. The standard InChI is InChI=1S/C14H17N3O/c1-18-12-5-6-13-10(7-12)3-2-4-14(13)17-11-8-15-16-9-11/h5-9,14,17H,2-4H2,1H3,(H,15,16). The molecule has 1 heterocycles. The molecule has 94 valence electrons. The summed E-state index contributed by atoms with van der Waals surface area (Å²) in [6, 6.07) is 6.73. The van der Waals surface area contributed by atoms with Crippen LogP contribution in [0.5, 0.6) is 5.75 Å². The molecule has 3 rings (SSSR count). The van der Waals surface area contributed by atoms with Gasteiger partial charge in [-0.3, -0.25) is 5.10 Å². The fourth-order valence-corrected chi connectivity index (χ4v) is 2.60. The van der Waals surface area contributed by atoms with Gasteiger partial charge in [0, 0.05) is 6.20 Å². The van der Waals surface area contributed by atoms with E-state index < -0.39 is 0 Å². The van der Waals surface area contributed by atoms with Gasteiger partial charge in [0.25, 0.3) is 0 Å². The number of anilines is 1. The lowest BCUT2D eigenvalue weighted by atomic mass is 9.87. The Morgan fingerprint density at radius 1 is 1.44 bits per heavy atom. The molecule has 1 atom stereocenters. The lowest BCUT2D eigenvalue weighted by Crippen LogP contribution is -2.17. The molecule has 0 radical (unpaired) electrons. The van der Waals surface area contributed by atoms with Gasteiger partial charge in [-0.2, -0.15) is 5.10 Å². The average Bonchev–Trinajstić information content (AvgIpc) is 2.91. The predicted molar refractivity (Wildman–Crippen MR) is 70.9 cm³/mol. The van der Waals surface area contributed by atoms with Gasteiger partial charge < -0.3 is 10.1 Å². The van der Waals surface area contributed by atoms with Crippen LogP contribution in [-0.2, 0) is 6.42 Å². The van der Waals surface area contributed by atoms with Crippen LogP contribution in [0.1, 0.15) is 30.0 Å². The highest BCUT2D eigenvalue weighted by molar-refractivity contribution is 5.46. The molecule has 0 saturated heterocycles. The van der Waals surface area contributed by atoms with Crippen molar-refractivity contribution >= 4 is 5.69 Å². The number of nitrogens with zero attached hydrogens (tertiary/aromatic N) is 1. The highest BCUT2D eigenvalue weighted by atomic mass is 16.5. The maximum Gasteiger partial charge on any atom is 0.119 e. The molecule has 0 saturated carbocycles. The molecular formula is C14H17N3O. The third-order valence-electron chi connectivity index (χ3n) is 3.50. The normalized spacial score (nSPS) is 18.2. The van der Waals surface area contributed by atoms with Gasteiger partial charge in [0.1, 0.15) is 5.75 Å². The molecule has 1 aliphatic carbocycles. The van der Waals surface area contributed by atoms with Crippen LogP contribution < -0.4 is 10.1 Å². The van der Waals surface area contributed by atoms with Gasteiger partial charge in [0.15, 0.2) is 0 Å². The van der Waals surface area contributed by atoms with E-state index in [1.165, 1.54) is 17.5 Å². The predicted octanol–water partition coefficient (Wildman–Crippen LogP) is 2.91. The number of aromatic amines is 1. The number of hydrogen-bond donors (Lipinski definition) is 2. The molecule has 0 amide bonds. The van der Waals surface area contributed by atoms with E-state index in [9.17, 15) is 0 Å². The second-order valence-electron chi connectivity index (χ2n) is 4.64. The van der Waals surface area contributed by atoms with E-state index in [4.69, 9.17) is 4.74 Å². The molecule has 18 heavy (non-hydrogen) atoms. The van der Waals surface area contributed by atoms with Gasteiger partial charge in [-0.25, -0.2) is 0 Å². The van der Waals surface area contributed by atoms with Gasteiger partial charge >= 0.3 is 0 Å². The summed E-state index contributed by atoms with van der Waals surface area (Å²) in [6.45, 7) is 0. The second kappa shape index (κ2) is 4.72. The molecule has 1 aromatic carbocycles. The molecule has 4 nitrogen and oxygen atoms in total. The Labute approximate surface area is 106 Å². The van der Waals surface area contributed by atoms with Crippen molar-refractivity contribution in [2.75, 3.05) is 12.4 Å². The molecule has 0 spiro atoms. The summed E-state index contributed by atoms with van der Waals surface area (Å²) >= 11 is 0. The summed E-state index contributed by atoms with van der Waals surface area (Å²) in [5, 5.41) is 10.3. The van der Waals surface area contributed by atoms with Crippen molar-refractivity contribution in [1.29, 1.82) is 0 Å². The number of nitrogens with one attached hydrogen (secondary N) is 2. The lowest BCUT2D eigenvalue weighted by Gasteiger charge is -2.27. The summed E-state index contributed by atoms with van der Waals surface area (Å²) in [4.78, 5) is 0. The first-order valence-electron chi connectivity index (χ1n) is 6.29. The minimum Gasteiger partial charge on any atom is -0.497 e. The summed E-state index contributed by atoms with van der Waals surface area (Å²) in [5.74, 6) is 0.942. The number of hydrogen-bond acceptors (Lipinski definition) is 3. The Balaban J connectivity index is 1.87. The van der Waals surface area contributed by atoms with Gasteiger partial charge in [0.05, 0.1) is 25.0 Å². The van der Waals surface area contributed by atoms with Crippen LogP contribution in [0.3, 0.4) is 0 Å². The summed E-state index contributed by atoms with van der Waals surface area (Å²) in [6.07, 6.45) is 7.20. The minimum absolute atomic E-state index is 0.372. The van der Waals surface area contributed by atoms with Gasteiger partial charge in [0.2, 0.25) is 0 Å². The molecule has 4 heteroatoms. The fraction of sp³-hybridized carbons (Fsp3) is 0.357. The Hall–Kier alpha value is -1.97. The van der Waals surface area contributed by atoms with Crippen molar-refractivity contribution in [3.8, 4) is 5.75 Å². The number of rotatable bonds is 3. The van der Waals surface area contributed by atoms with Gasteiger partial charge in [-0.1, -0.05) is 6.07 Å². The number of aryl methyl sites for hydroxylation is 1. The molecule has 0 fully saturated rings. The quantitative estimate of drug-likeness (QED) is 0.871. The summed E-state index contributed by atoms with van der Waals surface area (Å²) in [7, 11) is 1.71. The zero-order valence-electron chi connectivity index (χ0n) is 10.4. The maximum atomic E-state index is 5.29. The van der Waals surface area contributed by atoms with E-state index in [1.807, 2.05) is 18.5 Å². The number of H-pyrrole nitrogens is 1. The largest absolute Gasteiger partial charge is 0.497 e. The van der Waals surface area contributed by atoms with Gasteiger partial charge in [-0.05, 0) is 42.5 Å². The summed E-state index contributed by atoms with van der Waals surface area (Å²) < 4.78 is 5.29. The molecular weight excluding hydrogens is 226 g/mol. The number of benzene rings is 1. The highest BCUT2D eigenvalue weighted by Crippen LogP contribution is 2.34. The molecule has 0 bridgehead atoms. The first kappa shape index (κ1) is 11.1. The minimum atomic E-state index is 0.372. The average molecular weight is 243 g/mol. The Morgan fingerprint density at radius 3 is 3.17 bits per heavy atom. The van der Waals surface area contributed by atoms with E-state index >= 15 is 0 Å². The van der Waals surface area contributed by atoms with Crippen molar-refractivity contribution in [1.82, 2.24) is 10.2 Å². The van der Waals surface area contributed by atoms with Crippen LogP contribution in [0.15, 0.2) is 30.6 Å². The molecule has 1 aliphatic rings. The number of aromatic nitrogens is 2. The van der Waals surface area contributed by atoms with Gasteiger partial charge in [-0.15, -0.1) is 0 Å². The van der Waals surface area contributed by atoms with Crippen LogP contribution in [-0.4, -0.2) is 17.3 Å². The van der Waals surface area contributed by atoms with E-state index in [2.05, 4.69) is 27.6 Å². The fourth-order valence-electron chi connectivity index (χ4n) is 2.60. The smallest absolute Gasteiger partial charge is 0.119 e. The van der Waals surface area contributed by atoms with E-state index in [0.717, 1.165) is 24.3 Å². The lowest BCUT2D eigenvalue weighted by molar-refractivity contribution is 0.413. The highest BCUT2D eigenvalue weighted by Gasteiger charge is 2.20. The van der Waals surface area contributed by atoms with Crippen LogP contribution in [0.4, 0.5) is 5.69 Å². The third-order valence-corrected chi connectivity index (χ3v) is 3.50. The van der Waals surface area contributed by atoms with Crippen molar-refractivity contribution in [3.05, 3.63) is 41.7 Å². The zero-order chi connectivity index (χ0) is 12.4. The Bertz CT molecular complexity index is 522. The Kier molecular flexibility index (Phi) is 2.92. The van der Waals surface area contributed by atoms with Crippen LogP contribution in [0.25, 0.3) is 0 Å². The molecule has 1 aromatic heterocycles. The molecule has 0 aliphatic heterocycles. The molecule has 1 unspecified atom stereocenters. The first-order valence-corrected chi connectivity index (χ1v) is 6.29. The first-order chi connectivity index (χ1) is 8.86. The van der Waals surface area contributed by atoms with E-state index in [1.54, 1.807) is 7.11 Å². The topological polar surface area (TPSA) is 49.9 Å². The number of ether oxygens (including phenoxy) is 1. The van der Waals surface area contributed by atoms with Crippen LogP contribution in [0, 0.1) is 0 Å². The van der Waals surface area contributed by atoms with Crippen molar-refractivity contribution in [2.45, 2.75) is 25.3 Å². The second-order valence-corrected chi connectivity index (χ2v) is 4.64. The molecule has 2 aromatic rings. The van der Waals surface area contributed by atoms with Crippen molar-refractivity contribution in [3.63, 3.8) is 0 Å². The van der Waals surface area contributed by atoms with E-state index in [0.29, 0.717) is 6.04 Å². The number of methoxy groups -OCH3 is 1. The van der Waals surface area contributed by atoms with Crippen molar-refractivity contribution in [2.24, 2.45) is 0 Å². The summed E-state index contributed by atoms with van der Waals surface area (Å²) in [5.41, 5.74) is 3.81. The number of fused-ring (bicyclic) bond motifs is 1. The monoisotopic (exact) mass is 243 g/mol.